The molecule has 1 rings (SSSR count). The number of carbonyl (C=O) groups is 1. The minimum absolute atomic E-state index is 0.313. The van der Waals surface area contributed by atoms with Crippen molar-refractivity contribution in [1.29, 1.82) is 0 Å². The van der Waals surface area contributed by atoms with E-state index >= 15 is 0 Å². The molecule has 0 bridgehead atoms. The molecule has 1 heterocycles. The lowest BCUT2D eigenvalue weighted by molar-refractivity contribution is 0.0473. The minimum atomic E-state index is -1.42. The lowest BCUT2D eigenvalue weighted by atomic mass is 10.0. The van der Waals surface area contributed by atoms with E-state index < -0.39 is 11.4 Å². The second-order valence-corrected chi connectivity index (χ2v) is 3.77. The van der Waals surface area contributed by atoms with Crippen LogP contribution in [0.5, 0.6) is 5.75 Å². The van der Waals surface area contributed by atoms with E-state index in [4.69, 9.17) is 4.74 Å². The number of ether oxygens (including phenoxy) is 1. The summed E-state index contributed by atoms with van der Waals surface area (Å²) in [5, 5.41) is 13.7. The van der Waals surface area contributed by atoms with E-state index in [-0.39, 0.29) is 0 Å². The zero-order valence-electron chi connectivity index (χ0n) is 9.44. The van der Waals surface area contributed by atoms with Crippen LogP contribution in [0.3, 0.4) is 0 Å². The molecule has 0 amide bonds. The molecule has 0 aliphatic carbocycles. The molecule has 0 aliphatic heterocycles. The molecule has 0 radical (unpaired) electrons. The van der Waals surface area contributed by atoms with Crippen LogP contribution < -0.4 is 4.74 Å². The molecule has 1 N–H and O–H groups in total. The normalized spacial score (nSPS) is 11.5. The number of carbonyl (C=O) groups excluding carboxylic acids is 1. The zero-order valence-corrected chi connectivity index (χ0v) is 9.44. The predicted octanol–water partition coefficient (Wildman–Crippen LogP) is 0.865. The Hall–Kier alpha value is -1.36. The van der Waals surface area contributed by atoms with Crippen molar-refractivity contribution >= 4 is 5.78 Å². The van der Waals surface area contributed by atoms with Gasteiger partial charge in [0.2, 0.25) is 5.78 Å². The van der Waals surface area contributed by atoms with E-state index in [0.717, 1.165) is 0 Å². The van der Waals surface area contributed by atoms with E-state index in [9.17, 15) is 9.90 Å². The summed E-state index contributed by atoms with van der Waals surface area (Å²) in [6.45, 7) is 5.32. The first kappa shape index (κ1) is 11.7. The molecule has 0 aromatic carbocycles. The number of aliphatic hydroxyl groups is 1. The largest absolute Gasteiger partial charge is 0.493 e. The molecule has 0 saturated heterocycles. The van der Waals surface area contributed by atoms with E-state index in [1.54, 1.807) is 0 Å². The molecule has 0 saturated carbocycles. The van der Waals surface area contributed by atoms with E-state index in [1.165, 1.54) is 31.8 Å². The number of aryl methyl sites for hydroxylation is 1. The van der Waals surface area contributed by atoms with E-state index in [0.29, 0.717) is 18.0 Å². The van der Waals surface area contributed by atoms with Crippen LogP contribution in [0.2, 0.25) is 0 Å². The first-order valence-electron chi connectivity index (χ1n) is 4.78. The van der Waals surface area contributed by atoms with Gasteiger partial charge in [-0.2, -0.15) is 5.10 Å². The SMILES string of the molecule is CCn1ncc(OC)c1C(=O)C(C)(C)O. The number of rotatable bonds is 4. The third kappa shape index (κ3) is 2.18. The van der Waals surface area contributed by atoms with Gasteiger partial charge >= 0.3 is 0 Å². The number of hydrogen-bond acceptors (Lipinski definition) is 4. The van der Waals surface area contributed by atoms with Crippen LogP contribution in [0.25, 0.3) is 0 Å². The van der Waals surface area contributed by atoms with Crippen LogP contribution in [-0.2, 0) is 6.54 Å². The summed E-state index contributed by atoms with van der Waals surface area (Å²) in [7, 11) is 1.47. The highest BCUT2D eigenvalue weighted by molar-refractivity contribution is 6.02. The lowest BCUT2D eigenvalue weighted by Gasteiger charge is -2.16. The molecule has 15 heavy (non-hydrogen) atoms. The fourth-order valence-corrected chi connectivity index (χ4v) is 1.28. The summed E-state index contributed by atoms with van der Waals surface area (Å²) in [5.74, 6) is 0.00248. The summed E-state index contributed by atoms with van der Waals surface area (Å²) >= 11 is 0. The average molecular weight is 212 g/mol. The standard InChI is InChI=1S/C10H16N2O3/c1-5-12-8(7(15-4)6-11-12)9(13)10(2,3)14/h6,14H,5H2,1-4H3. The number of ketones is 1. The van der Waals surface area contributed by atoms with E-state index in [2.05, 4.69) is 5.10 Å². The Kier molecular flexibility index (Phi) is 3.14. The third-order valence-corrected chi connectivity index (χ3v) is 2.10. The second kappa shape index (κ2) is 4.02. The molecule has 0 fully saturated rings. The zero-order chi connectivity index (χ0) is 11.6. The fourth-order valence-electron chi connectivity index (χ4n) is 1.28. The number of aromatic nitrogens is 2. The van der Waals surface area contributed by atoms with Crippen LogP contribution in [0.4, 0.5) is 0 Å². The Bertz CT molecular complexity index is 342. The van der Waals surface area contributed by atoms with Gasteiger partial charge in [0, 0.05) is 6.54 Å². The summed E-state index contributed by atoms with van der Waals surface area (Å²) in [6, 6.07) is 0. The molecule has 1 aromatic heterocycles. The molecule has 5 nitrogen and oxygen atoms in total. The van der Waals surface area contributed by atoms with Gasteiger partial charge in [-0.15, -0.1) is 0 Å². The van der Waals surface area contributed by atoms with Crippen molar-refractivity contribution in [2.45, 2.75) is 32.9 Å². The van der Waals surface area contributed by atoms with Gasteiger partial charge in [-0.1, -0.05) is 0 Å². The first-order valence-corrected chi connectivity index (χ1v) is 4.78. The number of nitrogens with zero attached hydrogens (tertiary/aromatic N) is 2. The molecule has 1 aromatic rings. The summed E-state index contributed by atoms with van der Waals surface area (Å²) in [4.78, 5) is 11.9. The molecule has 84 valence electrons. The van der Waals surface area contributed by atoms with Crippen LogP contribution in [0.1, 0.15) is 31.3 Å². The highest BCUT2D eigenvalue weighted by Gasteiger charge is 2.31. The van der Waals surface area contributed by atoms with Crippen molar-refractivity contribution in [3.63, 3.8) is 0 Å². The van der Waals surface area contributed by atoms with Crippen LogP contribution in [-0.4, -0.2) is 33.4 Å². The van der Waals surface area contributed by atoms with Gasteiger partial charge in [-0.05, 0) is 20.8 Å². The molecular weight excluding hydrogens is 196 g/mol. The van der Waals surface area contributed by atoms with Crippen molar-refractivity contribution in [3.8, 4) is 5.75 Å². The van der Waals surface area contributed by atoms with Gasteiger partial charge in [0.15, 0.2) is 5.75 Å². The Balaban J connectivity index is 3.22. The Morgan fingerprint density at radius 3 is 2.67 bits per heavy atom. The highest BCUT2D eigenvalue weighted by atomic mass is 16.5. The van der Waals surface area contributed by atoms with Crippen molar-refractivity contribution in [2.24, 2.45) is 0 Å². The van der Waals surface area contributed by atoms with Gasteiger partial charge in [-0.25, -0.2) is 0 Å². The molecule has 0 aliphatic rings. The van der Waals surface area contributed by atoms with Crippen LogP contribution >= 0.6 is 0 Å². The Morgan fingerprint density at radius 2 is 2.27 bits per heavy atom. The maximum absolute atomic E-state index is 11.9. The molecule has 0 atom stereocenters. The second-order valence-electron chi connectivity index (χ2n) is 3.77. The van der Waals surface area contributed by atoms with Crippen molar-refractivity contribution < 1.29 is 14.6 Å². The van der Waals surface area contributed by atoms with Crippen molar-refractivity contribution in [1.82, 2.24) is 9.78 Å². The Morgan fingerprint density at radius 1 is 1.67 bits per heavy atom. The summed E-state index contributed by atoms with van der Waals surface area (Å²) < 4.78 is 6.54. The smallest absolute Gasteiger partial charge is 0.215 e. The van der Waals surface area contributed by atoms with Crippen molar-refractivity contribution in [3.05, 3.63) is 11.9 Å². The number of Topliss-reactive ketones (excluding diaryl/α,β-unsaturated/α-hetero) is 1. The average Bonchev–Trinajstić information content (AvgIpc) is 2.57. The van der Waals surface area contributed by atoms with Crippen LogP contribution in [0.15, 0.2) is 6.20 Å². The molecule has 5 heteroatoms. The Labute approximate surface area is 88.7 Å². The number of methoxy groups -OCH3 is 1. The van der Waals surface area contributed by atoms with Gasteiger partial charge in [0.05, 0.1) is 13.3 Å². The summed E-state index contributed by atoms with van der Waals surface area (Å²) in [6.07, 6.45) is 1.47. The first-order chi connectivity index (χ1) is 6.91. The molecule has 0 unspecified atom stereocenters. The maximum Gasteiger partial charge on any atom is 0.215 e. The van der Waals surface area contributed by atoms with Crippen molar-refractivity contribution in [2.75, 3.05) is 7.11 Å². The number of hydrogen-bond donors (Lipinski definition) is 1. The highest BCUT2D eigenvalue weighted by Crippen LogP contribution is 2.22. The van der Waals surface area contributed by atoms with Gasteiger partial charge in [0.25, 0.3) is 0 Å². The topological polar surface area (TPSA) is 64.4 Å². The molecule has 0 spiro atoms. The molecular formula is C10H16N2O3. The fraction of sp³-hybridized carbons (Fsp3) is 0.600. The predicted molar refractivity (Wildman–Crippen MR) is 55.1 cm³/mol. The quantitative estimate of drug-likeness (QED) is 0.752. The van der Waals surface area contributed by atoms with Gasteiger partial charge in [0.1, 0.15) is 11.3 Å². The van der Waals surface area contributed by atoms with Crippen LogP contribution in [0, 0.1) is 0 Å². The maximum atomic E-state index is 11.9. The van der Waals surface area contributed by atoms with E-state index in [1.807, 2.05) is 6.92 Å². The minimum Gasteiger partial charge on any atom is -0.493 e. The summed E-state index contributed by atoms with van der Waals surface area (Å²) in [5.41, 5.74) is -1.10. The van der Waals surface area contributed by atoms with Gasteiger partial charge < -0.3 is 9.84 Å². The monoisotopic (exact) mass is 212 g/mol. The van der Waals surface area contributed by atoms with Gasteiger partial charge in [-0.3, -0.25) is 9.48 Å². The third-order valence-electron chi connectivity index (χ3n) is 2.10. The lowest BCUT2D eigenvalue weighted by Crippen LogP contribution is -2.33.